The minimum atomic E-state index is -3.64. The van der Waals surface area contributed by atoms with E-state index >= 15 is 0 Å². The Morgan fingerprint density at radius 3 is 2.63 bits per heavy atom. The Kier molecular flexibility index (Phi) is 4.92. The van der Waals surface area contributed by atoms with Crippen molar-refractivity contribution in [3.05, 3.63) is 30.6 Å². The van der Waals surface area contributed by atoms with Crippen molar-refractivity contribution < 1.29 is 13.2 Å². The first kappa shape index (κ1) is 18.1. The summed E-state index contributed by atoms with van der Waals surface area (Å²) in [6.07, 6.45) is 5.20. The van der Waals surface area contributed by atoms with Crippen LogP contribution in [0.4, 0.5) is 0 Å². The predicted octanol–water partition coefficient (Wildman–Crippen LogP) is 0.589. The lowest BCUT2D eigenvalue weighted by molar-refractivity contribution is -0.126. The van der Waals surface area contributed by atoms with Crippen LogP contribution in [0.2, 0.25) is 0 Å². The molecule has 27 heavy (non-hydrogen) atoms. The fourth-order valence-electron chi connectivity index (χ4n) is 3.29. The maximum atomic E-state index is 13.0. The van der Waals surface area contributed by atoms with E-state index < -0.39 is 10.0 Å². The molecular weight excluding hydrogens is 368 g/mol. The van der Waals surface area contributed by atoms with Gasteiger partial charge in [0.25, 0.3) is 0 Å². The topological polar surface area (TPSA) is 110 Å². The summed E-state index contributed by atoms with van der Waals surface area (Å²) in [5.74, 6) is 0.291. The third-order valence-electron chi connectivity index (χ3n) is 5.10. The molecule has 0 unspecified atom stereocenters. The molecule has 1 N–H and O–H groups in total. The Hall–Kier alpha value is -2.33. The van der Waals surface area contributed by atoms with Gasteiger partial charge in [0.05, 0.1) is 16.5 Å². The van der Waals surface area contributed by atoms with E-state index in [0.717, 1.165) is 6.42 Å². The molecule has 1 aliphatic carbocycles. The minimum Gasteiger partial charge on any atom is -0.356 e. The molecular formula is C17H22N6O3S. The quantitative estimate of drug-likeness (QED) is 0.773. The fraction of sp³-hybridized carbons (Fsp3) is 0.529. The second-order valence-electron chi connectivity index (χ2n) is 7.14. The monoisotopic (exact) mass is 390 g/mol. The molecule has 2 aliphatic rings. The Balaban J connectivity index is 1.44. The zero-order chi connectivity index (χ0) is 18.9. The highest BCUT2D eigenvalue weighted by molar-refractivity contribution is 7.89. The van der Waals surface area contributed by atoms with Crippen LogP contribution in [0.15, 0.2) is 35.5 Å². The summed E-state index contributed by atoms with van der Waals surface area (Å²) in [4.78, 5) is 12.6. The summed E-state index contributed by atoms with van der Waals surface area (Å²) >= 11 is 0. The largest absolute Gasteiger partial charge is 0.356 e. The Morgan fingerprint density at radius 1 is 1.19 bits per heavy atom. The van der Waals surface area contributed by atoms with Crippen molar-refractivity contribution in [2.75, 3.05) is 19.6 Å². The number of benzene rings is 1. The van der Waals surface area contributed by atoms with Crippen LogP contribution in [0.5, 0.6) is 0 Å². The van der Waals surface area contributed by atoms with Crippen LogP contribution < -0.4 is 5.32 Å². The van der Waals surface area contributed by atoms with Gasteiger partial charge in [-0.3, -0.25) is 4.79 Å². The first-order valence-electron chi connectivity index (χ1n) is 9.15. The molecule has 1 aromatic carbocycles. The van der Waals surface area contributed by atoms with Gasteiger partial charge in [-0.25, -0.2) is 13.1 Å². The molecule has 1 atom stereocenters. The van der Waals surface area contributed by atoms with Gasteiger partial charge in [0.15, 0.2) is 0 Å². The first-order valence-corrected chi connectivity index (χ1v) is 10.6. The predicted molar refractivity (Wildman–Crippen MR) is 96.4 cm³/mol. The van der Waals surface area contributed by atoms with E-state index in [2.05, 4.69) is 20.8 Å². The summed E-state index contributed by atoms with van der Waals surface area (Å²) in [7, 11) is -3.64. The van der Waals surface area contributed by atoms with E-state index in [1.54, 1.807) is 24.3 Å². The lowest BCUT2D eigenvalue weighted by Crippen LogP contribution is -2.45. The molecule has 1 aliphatic heterocycles. The van der Waals surface area contributed by atoms with E-state index in [9.17, 15) is 13.2 Å². The van der Waals surface area contributed by atoms with Crippen molar-refractivity contribution in [3.63, 3.8) is 0 Å². The molecule has 1 saturated heterocycles. The molecule has 0 radical (unpaired) electrons. The van der Waals surface area contributed by atoms with Crippen molar-refractivity contribution in [2.45, 2.75) is 30.6 Å². The van der Waals surface area contributed by atoms with Gasteiger partial charge in [-0.05, 0) is 66.3 Å². The first-order chi connectivity index (χ1) is 13.0. The third-order valence-corrected chi connectivity index (χ3v) is 6.98. The number of nitrogens with one attached hydrogen (secondary N) is 1. The number of tetrazole rings is 1. The summed E-state index contributed by atoms with van der Waals surface area (Å²) in [5, 5.41) is 13.9. The Labute approximate surface area is 157 Å². The van der Waals surface area contributed by atoms with E-state index in [1.807, 2.05) is 0 Å². The SMILES string of the molecule is O=C(NCC1CC1)[C@H]1CCCN(S(=O)(=O)c2ccc(-n3cnnn3)cc2)C1. The molecule has 2 fully saturated rings. The van der Waals surface area contributed by atoms with Gasteiger partial charge in [0.2, 0.25) is 15.9 Å². The van der Waals surface area contributed by atoms with Crippen LogP contribution in [-0.4, -0.2) is 58.5 Å². The van der Waals surface area contributed by atoms with Crippen molar-refractivity contribution in [3.8, 4) is 5.69 Å². The number of sulfonamides is 1. The number of carbonyl (C=O) groups is 1. The van der Waals surface area contributed by atoms with Crippen LogP contribution in [0.25, 0.3) is 5.69 Å². The molecule has 1 aromatic heterocycles. The highest BCUT2D eigenvalue weighted by atomic mass is 32.2. The molecule has 9 nitrogen and oxygen atoms in total. The number of hydrogen-bond acceptors (Lipinski definition) is 6. The second-order valence-corrected chi connectivity index (χ2v) is 9.08. The van der Waals surface area contributed by atoms with Crippen molar-refractivity contribution in [1.82, 2.24) is 29.8 Å². The zero-order valence-electron chi connectivity index (χ0n) is 14.9. The smallest absolute Gasteiger partial charge is 0.243 e. The minimum absolute atomic E-state index is 0.0316. The van der Waals surface area contributed by atoms with Gasteiger partial charge in [-0.2, -0.15) is 4.31 Å². The van der Waals surface area contributed by atoms with Gasteiger partial charge >= 0.3 is 0 Å². The number of amides is 1. The Morgan fingerprint density at radius 2 is 1.96 bits per heavy atom. The molecule has 10 heteroatoms. The molecule has 0 bridgehead atoms. The maximum Gasteiger partial charge on any atom is 0.243 e. The second kappa shape index (κ2) is 7.35. The van der Waals surface area contributed by atoms with Crippen LogP contribution in [0.1, 0.15) is 25.7 Å². The maximum absolute atomic E-state index is 13.0. The molecule has 2 heterocycles. The highest BCUT2D eigenvalue weighted by Crippen LogP contribution is 2.28. The molecule has 144 valence electrons. The van der Waals surface area contributed by atoms with E-state index in [1.165, 1.54) is 28.2 Å². The molecule has 2 aromatic rings. The number of hydrogen-bond donors (Lipinski definition) is 1. The average molecular weight is 390 g/mol. The van der Waals surface area contributed by atoms with E-state index in [0.29, 0.717) is 31.1 Å². The lowest BCUT2D eigenvalue weighted by Gasteiger charge is -2.31. The average Bonchev–Trinajstić information content (AvgIpc) is 3.37. The lowest BCUT2D eigenvalue weighted by atomic mass is 9.99. The van der Waals surface area contributed by atoms with E-state index in [-0.39, 0.29) is 23.3 Å². The molecule has 0 spiro atoms. The number of aromatic nitrogens is 4. The number of nitrogens with zero attached hydrogens (tertiary/aromatic N) is 5. The van der Waals surface area contributed by atoms with Crippen LogP contribution in [0.3, 0.4) is 0 Å². The molecule has 4 rings (SSSR count). The van der Waals surface area contributed by atoms with Crippen molar-refractivity contribution >= 4 is 15.9 Å². The zero-order valence-corrected chi connectivity index (χ0v) is 15.7. The fourth-order valence-corrected chi connectivity index (χ4v) is 4.81. The van der Waals surface area contributed by atoms with Gasteiger partial charge in [-0.1, -0.05) is 0 Å². The summed E-state index contributed by atoms with van der Waals surface area (Å²) in [6.45, 7) is 1.37. The standard InChI is InChI=1S/C17H22N6O3S/c24-17(18-10-13-3-4-13)14-2-1-9-22(11-14)27(25,26)16-7-5-15(6-8-16)23-12-19-20-21-23/h5-8,12-14H,1-4,9-11H2,(H,18,24)/t14-/m0/s1. The van der Waals surface area contributed by atoms with E-state index in [4.69, 9.17) is 0 Å². The van der Waals surface area contributed by atoms with Gasteiger partial charge in [-0.15, -0.1) is 5.10 Å². The number of piperidine rings is 1. The number of rotatable bonds is 6. The van der Waals surface area contributed by atoms with Crippen LogP contribution in [0, 0.1) is 11.8 Å². The Bertz CT molecular complexity index is 893. The molecule has 1 saturated carbocycles. The summed E-state index contributed by atoms with van der Waals surface area (Å²) in [6, 6.07) is 6.41. The third kappa shape index (κ3) is 4.01. The summed E-state index contributed by atoms with van der Waals surface area (Å²) < 4.78 is 28.8. The van der Waals surface area contributed by atoms with Crippen molar-refractivity contribution in [2.24, 2.45) is 11.8 Å². The highest BCUT2D eigenvalue weighted by Gasteiger charge is 2.34. The normalized spacial score (nSPS) is 21.1. The summed E-state index contributed by atoms with van der Waals surface area (Å²) in [5.41, 5.74) is 0.676. The van der Waals surface area contributed by atoms with Crippen molar-refractivity contribution in [1.29, 1.82) is 0 Å². The van der Waals surface area contributed by atoms with Crippen LogP contribution in [-0.2, 0) is 14.8 Å². The van der Waals surface area contributed by atoms with Crippen LogP contribution >= 0.6 is 0 Å². The van der Waals surface area contributed by atoms with Gasteiger partial charge < -0.3 is 5.32 Å². The van der Waals surface area contributed by atoms with Gasteiger partial charge in [0.1, 0.15) is 6.33 Å². The van der Waals surface area contributed by atoms with Gasteiger partial charge in [0, 0.05) is 19.6 Å². The number of carbonyl (C=O) groups excluding carboxylic acids is 1. The molecule has 1 amide bonds.